The highest BCUT2D eigenvalue weighted by Gasteiger charge is 2.25. The van der Waals surface area contributed by atoms with Crippen molar-refractivity contribution in [2.45, 2.75) is 13.0 Å². The summed E-state index contributed by atoms with van der Waals surface area (Å²) in [5.41, 5.74) is 3.05. The molecule has 0 bridgehead atoms. The summed E-state index contributed by atoms with van der Waals surface area (Å²) in [5, 5.41) is 7.34. The molecular weight excluding hydrogens is 314 g/mol. The second-order valence-electron chi connectivity index (χ2n) is 6.17. The number of ether oxygens (including phenoxy) is 1. The van der Waals surface area contributed by atoms with Gasteiger partial charge < -0.3 is 10.1 Å². The van der Waals surface area contributed by atoms with Crippen LogP contribution in [0.5, 0.6) is 5.75 Å². The van der Waals surface area contributed by atoms with Crippen molar-refractivity contribution < 1.29 is 9.53 Å². The van der Waals surface area contributed by atoms with Crippen molar-refractivity contribution in [2.24, 2.45) is 5.92 Å². The van der Waals surface area contributed by atoms with Gasteiger partial charge >= 0.3 is 0 Å². The average molecular weight is 333 g/mol. The van der Waals surface area contributed by atoms with Gasteiger partial charge in [-0.05, 0) is 30.2 Å². The van der Waals surface area contributed by atoms with Crippen LogP contribution in [0.1, 0.15) is 11.1 Å². The lowest BCUT2D eigenvalue weighted by molar-refractivity contribution is -0.126. The predicted molar refractivity (Wildman–Crippen MR) is 94.5 cm³/mol. The molecule has 0 fully saturated rings. The maximum Gasteiger partial charge on any atom is 0.227 e. The Hall–Kier alpha value is -3.08. The number of amides is 1. The molecule has 0 radical (unpaired) electrons. The molecule has 1 unspecified atom stereocenters. The molecule has 126 valence electrons. The lowest BCUT2D eigenvalue weighted by atomic mass is 9.96. The minimum absolute atomic E-state index is 0.0157. The van der Waals surface area contributed by atoms with Crippen LogP contribution in [0.4, 0.5) is 0 Å². The van der Waals surface area contributed by atoms with Gasteiger partial charge in [-0.25, -0.2) is 4.68 Å². The van der Waals surface area contributed by atoms with E-state index in [-0.39, 0.29) is 11.8 Å². The van der Waals surface area contributed by atoms with E-state index in [1.165, 1.54) is 0 Å². The van der Waals surface area contributed by atoms with Gasteiger partial charge in [-0.1, -0.05) is 36.4 Å². The molecular formula is C20H19N3O2. The fraction of sp³-hybridized carbons (Fsp3) is 0.200. The number of aromatic nitrogens is 2. The summed E-state index contributed by atoms with van der Waals surface area (Å²) in [5.74, 6) is 0.747. The van der Waals surface area contributed by atoms with Gasteiger partial charge in [0.1, 0.15) is 12.4 Å². The Morgan fingerprint density at radius 1 is 1.16 bits per heavy atom. The number of carbonyl (C=O) groups excluding carboxylic acids is 1. The van der Waals surface area contributed by atoms with E-state index in [0.29, 0.717) is 19.6 Å². The molecule has 2 heterocycles. The first kappa shape index (κ1) is 15.4. The predicted octanol–water partition coefficient (Wildman–Crippen LogP) is 2.74. The van der Waals surface area contributed by atoms with Gasteiger partial charge in [0.25, 0.3) is 0 Å². The number of rotatable bonds is 4. The normalized spacial score (nSPS) is 15.9. The lowest BCUT2D eigenvalue weighted by Crippen LogP contribution is -2.36. The Kier molecular flexibility index (Phi) is 4.21. The molecule has 1 aliphatic rings. The highest BCUT2D eigenvalue weighted by molar-refractivity contribution is 5.79. The topological polar surface area (TPSA) is 56.2 Å². The molecule has 1 aliphatic heterocycles. The number of hydrogen-bond donors (Lipinski definition) is 1. The highest BCUT2D eigenvalue weighted by atomic mass is 16.5. The summed E-state index contributed by atoms with van der Waals surface area (Å²) in [7, 11) is 0. The third-order valence-electron chi connectivity index (χ3n) is 4.37. The summed E-state index contributed by atoms with van der Waals surface area (Å²) >= 11 is 0. The van der Waals surface area contributed by atoms with E-state index in [1.54, 1.807) is 10.9 Å². The van der Waals surface area contributed by atoms with Gasteiger partial charge in [-0.2, -0.15) is 5.10 Å². The minimum atomic E-state index is -0.154. The van der Waals surface area contributed by atoms with Crippen molar-refractivity contribution in [1.29, 1.82) is 0 Å². The Balaban J connectivity index is 1.36. The molecule has 3 aromatic rings. The van der Waals surface area contributed by atoms with Crippen molar-refractivity contribution >= 4 is 5.91 Å². The molecule has 0 saturated carbocycles. The fourth-order valence-corrected chi connectivity index (χ4v) is 3.00. The first-order valence-corrected chi connectivity index (χ1v) is 8.37. The fourth-order valence-electron chi connectivity index (χ4n) is 3.00. The quantitative estimate of drug-likeness (QED) is 0.799. The molecule has 0 spiro atoms. The molecule has 25 heavy (non-hydrogen) atoms. The summed E-state index contributed by atoms with van der Waals surface area (Å²) < 4.78 is 7.50. The summed E-state index contributed by atoms with van der Waals surface area (Å²) in [6, 6.07) is 17.8. The van der Waals surface area contributed by atoms with Gasteiger partial charge in [0.05, 0.1) is 17.8 Å². The van der Waals surface area contributed by atoms with Crippen LogP contribution < -0.4 is 10.1 Å². The summed E-state index contributed by atoms with van der Waals surface area (Å²) in [4.78, 5) is 12.4. The lowest BCUT2D eigenvalue weighted by Gasteiger charge is -2.24. The third-order valence-corrected chi connectivity index (χ3v) is 4.37. The molecule has 0 aliphatic carbocycles. The van der Waals surface area contributed by atoms with Crippen molar-refractivity contribution in [3.8, 4) is 11.4 Å². The maximum atomic E-state index is 12.4. The van der Waals surface area contributed by atoms with Crippen LogP contribution in [0, 0.1) is 5.92 Å². The van der Waals surface area contributed by atoms with E-state index in [0.717, 1.165) is 22.6 Å². The third kappa shape index (κ3) is 3.40. The van der Waals surface area contributed by atoms with Crippen molar-refractivity contribution in [3.63, 3.8) is 0 Å². The SMILES string of the molecule is O=C(NCc1cnn(-c2ccccc2)c1)C1COc2ccccc2C1. The smallest absolute Gasteiger partial charge is 0.227 e. The Bertz CT molecular complexity index is 873. The largest absolute Gasteiger partial charge is 0.492 e. The first-order valence-electron chi connectivity index (χ1n) is 8.37. The van der Waals surface area contributed by atoms with Crippen LogP contribution in [-0.4, -0.2) is 22.3 Å². The highest BCUT2D eigenvalue weighted by Crippen LogP contribution is 2.26. The van der Waals surface area contributed by atoms with Crippen LogP contribution in [0.15, 0.2) is 67.0 Å². The Morgan fingerprint density at radius 3 is 2.84 bits per heavy atom. The zero-order valence-corrected chi connectivity index (χ0v) is 13.8. The molecule has 0 saturated heterocycles. The minimum Gasteiger partial charge on any atom is -0.492 e. The van der Waals surface area contributed by atoms with E-state index in [4.69, 9.17) is 4.74 Å². The van der Waals surface area contributed by atoms with Gasteiger partial charge in [0.2, 0.25) is 5.91 Å². The first-order chi connectivity index (χ1) is 12.3. The van der Waals surface area contributed by atoms with Crippen LogP contribution in [-0.2, 0) is 17.8 Å². The number of fused-ring (bicyclic) bond motifs is 1. The van der Waals surface area contributed by atoms with E-state index < -0.39 is 0 Å². The van der Waals surface area contributed by atoms with Crippen molar-refractivity contribution in [2.75, 3.05) is 6.61 Å². The molecule has 1 atom stereocenters. The molecule has 1 N–H and O–H groups in total. The monoisotopic (exact) mass is 333 g/mol. The average Bonchev–Trinajstić information content (AvgIpc) is 3.15. The Morgan fingerprint density at radius 2 is 1.96 bits per heavy atom. The molecule has 4 rings (SSSR count). The second-order valence-corrected chi connectivity index (χ2v) is 6.17. The number of carbonyl (C=O) groups is 1. The van der Waals surface area contributed by atoms with Gasteiger partial charge in [0.15, 0.2) is 0 Å². The van der Waals surface area contributed by atoms with Crippen molar-refractivity contribution in [3.05, 3.63) is 78.1 Å². The van der Waals surface area contributed by atoms with Crippen molar-refractivity contribution in [1.82, 2.24) is 15.1 Å². The number of hydrogen-bond acceptors (Lipinski definition) is 3. The zero-order chi connectivity index (χ0) is 17.1. The molecule has 2 aromatic carbocycles. The second kappa shape index (κ2) is 6.81. The Labute approximate surface area is 146 Å². The summed E-state index contributed by atoms with van der Waals surface area (Å²) in [6.45, 7) is 0.885. The van der Waals surface area contributed by atoms with E-state index >= 15 is 0 Å². The molecule has 5 nitrogen and oxygen atoms in total. The van der Waals surface area contributed by atoms with Crippen LogP contribution in [0.3, 0.4) is 0 Å². The van der Waals surface area contributed by atoms with Gasteiger partial charge in [-0.15, -0.1) is 0 Å². The van der Waals surface area contributed by atoms with Gasteiger partial charge in [0, 0.05) is 18.3 Å². The van der Waals surface area contributed by atoms with Crippen LogP contribution in [0.2, 0.25) is 0 Å². The molecule has 5 heteroatoms. The van der Waals surface area contributed by atoms with E-state index in [2.05, 4.69) is 10.4 Å². The molecule has 1 amide bonds. The van der Waals surface area contributed by atoms with E-state index in [1.807, 2.05) is 60.8 Å². The number of benzene rings is 2. The molecule has 1 aromatic heterocycles. The standard InChI is InChI=1S/C20H19N3O2/c24-20(17-10-16-6-4-5-9-19(16)25-14-17)21-11-15-12-22-23(13-15)18-7-2-1-3-8-18/h1-9,12-13,17H,10-11,14H2,(H,21,24). The number of nitrogens with one attached hydrogen (secondary N) is 1. The van der Waals surface area contributed by atoms with Crippen LogP contribution in [0.25, 0.3) is 5.69 Å². The van der Waals surface area contributed by atoms with E-state index in [9.17, 15) is 4.79 Å². The van der Waals surface area contributed by atoms with Crippen LogP contribution >= 0.6 is 0 Å². The van der Waals surface area contributed by atoms with Gasteiger partial charge in [-0.3, -0.25) is 4.79 Å². The number of nitrogens with zero attached hydrogens (tertiary/aromatic N) is 2. The summed E-state index contributed by atoms with van der Waals surface area (Å²) in [6.07, 6.45) is 4.42. The number of para-hydroxylation sites is 2. The maximum absolute atomic E-state index is 12.4. The zero-order valence-electron chi connectivity index (χ0n) is 13.8.